The molecular formula is C8H12N6O3. The van der Waals surface area contributed by atoms with Gasteiger partial charge >= 0.3 is 12.0 Å². The molecule has 17 heavy (non-hydrogen) atoms. The highest BCUT2D eigenvalue weighted by molar-refractivity contribution is 5.91. The van der Waals surface area contributed by atoms with Gasteiger partial charge in [0.05, 0.1) is 7.05 Å². The standard InChI is InChI=1S/C8H12N6O3/c1-13-11-7(10-12-13)9-8(17)14-4-2-3-5(14)6(15)16/h5H,2-4H2,1H3,(H,15,16)(H,9,11,17)/t5-/m1/s1. The van der Waals surface area contributed by atoms with Crippen LogP contribution in [0, 0.1) is 0 Å². The first kappa shape index (κ1) is 11.3. The Morgan fingerprint density at radius 3 is 2.88 bits per heavy atom. The fourth-order valence-corrected chi connectivity index (χ4v) is 1.77. The number of tetrazole rings is 1. The molecule has 2 amide bonds. The summed E-state index contributed by atoms with van der Waals surface area (Å²) in [4.78, 5) is 25.1. The van der Waals surface area contributed by atoms with E-state index in [4.69, 9.17) is 5.11 Å². The van der Waals surface area contributed by atoms with E-state index < -0.39 is 18.0 Å². The predicted octanol–water partition coefficient (Wildman–Crippen LogP) is -0.709. The highest BCUT2D eigenvalue weighted by Crippen LogP contribution is 2.18. The van der Waals surface area contributed by atoms with Crippen molar-refractivity contribution >= 4 is 17.9 Å². The van der Waals surface area contributed by atoms with Crippen LogP contribution in [0.25, 0.3) is 0 Å². The molecule has 9 heteroatoms. The van der Waals surface area contributed by atoms with Crippen molar-refractivity contribution < 1.29 is 14.7 Å². The molecule has 92 valence electrons. The number of carboxylic acids is 1. The average molecular weight is 240 g/mol. The molecule has 1 aliphatic heterocycles. The summed E-state index contributed by atoms with van der Waals surface area (Å²) in [7, 11) is 1.57. The Morgan fingerprint density at radius 1 is 1.53 bits per heavy atom. The van der Waals surface area contributed by atoms with Gasteiger partial charge in [0, 0.05) is 6.54 Å². The first-order valence-electron chi connectivity index (χ1n) is 5.12. The number of nitrogens with one attached hydrogen (secondary N) is 1. The Bertz CT molecular complexity index is 444. The van der Waals surface area contributed by atoms with Crippen molar-refractivity contribution in [3.05, 3.63) is 0 Å². The van der Waals surface area contributed by atoms with Crippen LogP contribution in [0.1, 0.15) is 12.8 Å². The molecule has 1 aromatic rings. The van der Waals surface area contributed by atoms with Crippen LogP contribution in [-0.4, -0.2) is 54.8 Å². The Hall–Kier alpha value is -2.19. The minimum absolute atomic E-state index is 0.0635. The second kappa shape index (κ2) is 4.36. The van der Waals surface area contributed by atoms with Gasteiger partial charge in [-0.3, -0.25) is 5.32 Å². The smallest absolute Gasteiger partial charge is 0.326 e. The number of anilines is 1. The minimum atomic E-state index is -0.996. The summed E-state index contributed by atoms with van der Waals surface area (Å²) in [6, 6.07) is -1.28. The summed E-state index contributed by atoms with van der Waals surface area (Å²) in [5.74, 6) is -0.932. The number of aryl methyl sites for hydroxylation is 1. The molecule has 0 aromatic carbocycles. The maximum absolute atomic E-state index is 11.8. The molecule has 1 atom stereocenters. The predicted molar refractivity (Wildman–Crippen MR) is 55.2 cm³/mol. The number of hydrogen-bond acceptors (Lipinski definition) is 5. The van der Waals surface area contributed by atoms with Gasteiger partial charge in [0.2, 0.25) is 0 Å². The molecule has 2 rings (SSSR count). The van der Waals surface area contributed by atoms with Crippen molar-refractivity contribution in [1.82, 2.24) is 25.1 Å². The number of urea groups is 1. The summed E-state index contributed by atoms with van der Waals surface area (Å²) in [5, 5.41) is 22.3. The van der Waals surface area contributed by atoms with Crippen LogP contribution in [0.4, 0.5) is 10.7 Å². The lowest BCUT2D eigenvalue weighted by atomic mass is 10.2. The van der Waals surface area contributed by atoms with Crippen molar-refractivity contribution in [2.24, 2.45) is 7.05 Å². The SMILES string of the molecule is Cn1nnc(NC(=O)N2CCC[C@@H]2C(=O)O)n1. The fraction of sp³-hybridized carbons (Fsp3) is 0.625. The zero-order valence-corrected chi connectivity index (χ0v) is 9.20. The lowest BCUT2D eigenvalue weighted by Crippen LogP contribution is -2.43. The Balaban J connectivity index is 2.02. The number of amides is 2. The van der Waals surface area contributed by atoms with E-state index in [2.05, 4.69) is 20.7 Å². The molecule has 0 radical (unpaired) electrons. The lowest BCUT2D eigenvalue weighted by molar-refractivity contribution is -0.141. The third-order valence-corrected chi connectivity index (χ3v) is 2.53. The molecule has 2 heterocycles. The number of likely N-dealkylation sites (tertiary alicyclic amines) is 1. The maximum Gasteiger partial charge on any atom is 0.326 e. The molecule has 1 aliphatic rings. The minimum Gasteiger partial charge on any atom is -0.480 e. The number of nitrogens with zero attached hydrogens (tertiary/aromatic N) is 5. The van der Waals surface area contributed by atoms with E-state index in [1.165, 1.54) is 9.70 Å². The zero-order chi connectivity index (χ0) is 12.4. The molecular weight excluding hydrogens is 228 g/mol. The number of hydrogen-bond donors (Lipinski definition) is 2. The molecule has 2 N–H and O–H groups in total. The summed E-state index contributed by atoms with van der Waals surface area (Å²) in [6.07, 6.45) is 1.15. The van der Waals surface area contributed by atoms with Gasteiger partial charge in [-0.2, -0.15) is 4.80 Å². The van der Waals surface area contributed by atoms with E-state index in [1.807, 2.05) is 0 Å². The molecule has 1 fully saturated rings. The van der Waals surface area contributed by atoms with Crippen LogP contribution in [0.3, 0.4) is 0 Å². The van der Waals surface area contributed by atoms with Gasteiger partial charge in [-0.25, -0.2) is 9.59 Å². The normalized spacial score (nSPS) is 19.4. The van der Waals surface area contributed by atoms with Gasteiger partial charge < -0.3 is 10.0 Å². The Kier molecular flexibility index (Phi) is 2.90. The molecule has 0 aliphatic carbocycles. The third kappa shape index (κ3) is 2.32. The molecule has 0 saturated carbocycles. The van der Waals surface area contributed by atoms with Crippen molar-refractivity contribution in [3.8, 4) is 0 Å². The average Bonchev–Trinajstić information content (AvgIpc) is 2.86. The van der Waals surface area contributed by atoms with E-state index in [0.717, 1.165) is 0 Å². The number of aliphatic carboxylic acids is 1. The van der Waals surface area contributed by atoms with Crippen LogP contribution in [0.15, 0.2) is 0 Å². The van der Waals surface area contributed by atoms with Gasteiger partial charge in [-0.15, -0.1) is 5.10 Å². The summed E-state index contributed by atoms with van der Waals surface area (Å²) < 4.78 is 0. The van der Waals surface area contributed by atoms with Gasteiger partial charge in [-0.1, -0.05) is 5.10 Å². The summed E-state index contributed by atoms with van der Waals surface area (Å²) in [6.45, 7) is 0.420. The quantitative estimate of drug-likeness (QED) is 0.706. The molecule has 0 spiro atoms. The second-order valence-electron chi connectivity index (χ2n) is 3.72. The van der Waals surface area contributed by atoms with E-state index in [1.54, 1.807) is 7.05 Å². The van der Waals surface area contributed by atoms with Crippen LogP contribution in [-0.2, 0) is 11.8 Å². The van der Waals surface area contributed by atoms with E-state index in [9.17, 15) is 9.59 Å². The molecule has 1 aromatic heterocycles. The third-order valence-electron chi connectivity index (χ3n) is 2.53. The maximum atomic E-state index is 11.8. The number of carbonyl (C=O) groups is 2. The van der Waals surface area contributed by atoms with E-state index >= 15 is 0 Å². The number of aromatic nitrogens is 4. The highest BCUT2D eigenvalue weighted by atomic mass is 16.4. The van der Waals surface area contributed by atoms with E-state index in [0.29, 0.717) is 19.4 Å². The van der Waals surface area contributed by atoms with Crippen molar-refractivity contribution in [1.29, 1.82) is 0 Å². The van der Waals surface area contributed by atoms with Gasteiger partial charge in [-0.05, 0) is 18.1 Å². The van der Waals surface area contributed by atoms with Gasteiger partial charge in [0.15, 0.2) is 0 Å². The molecule has 0 bridgehead atoms. The molecule has 0 unspecified atom stereocenters. The van der Waals surface area contributed by atoms with Crippen LogP contribution in [0.5, 0.6) is 0 Å². The molecule has 1 saturated heterocycles. The fourth-order valence-electron chi connectivity index (χ4n) is 1.77. The number of carbonyl (C=O) groups excluding carboxylic acids is 1. The largest absolute Gasteiger partial charge is 0.480 e. The lowest BCUT2D eigenvalue weighted by Gasteiger charge is -2.20. The zero-order valence-electron chi connectivity index (χ0n) is 9.20. The van der Waals surface area contributed by atoms with Crippen LogP contribution in [0.2, 0.25) is 0 Å². The second-order valence-corrected chi connectivity index (χ2v) is 3.72. The van der Waals surface area contributed by atoms with Crippen LogP contribution >= 0.6 is 0 Å². The highest BCUT2D eigenvalue weighted by Gasteiger charge is 2.34. The monoisotopic (exact) mass is 240 g/mol. The van der Waals surface area contributed by atoms with E-state index in [-0.39, 0.29) is 5.95 Å². The summed E-state index contributed by atoms with van der Waals surface area (Å²) in [5.41, 5.74) is 0. The summed E-state index contributed by atoms with van der Waals surface area (Å²) >= 11 is 0. The van der Waals surface area contributed by atoms with Gasteiger partial charge in [0.1, 0.15) is 6.04 Å². The van der Waals surface area contributed by atoms with Crippen molar-refractivity contribution in [2.45, 2.75) is 18.9 Å². The Labute approximate surface area is 96.4 Å². The van der Waals surface area contributed by atoms with Gasteiger partial charge in [0.25, 0.3) is 5.95 Å². The van der Waals surface area contributed by atoms with Crippen molar-refractivity contribution in [3.63, 3.8) is 0 Å². The van der Waals surface area contributed by atoms with Crippen LogP contribution < -0.4 is 5.32 Å². The first-order chi connectivity index (χ1) is 8.08. The first-order valence-corrected chi connectivity index (χ1v) is 5.12. The number of carboxylic acid groups (broad SMARTS) is 1. The molecule has 9 nitrogen and oxygen atoms in total. The Morgan fingerprint density at radius 2 is 2.29 bits per heavy atom. The topological polar surface area (TPSA) is 113 Å². The van der Waals surface area contributed by atoms with Crippen molar-refractivity contribution in [2.75, 3.05) is 11.9 Å². The number of rotatable bonds is 2.